The van der Waals surface area contributed by atoms with E-state index in [0.717, 1.165) is 36.3 Å². The lowest BCUT2D eigenvalue weighted by Crippen LogP contribution is -2.29. The molecule has 1 N–H and O–H groups in total. The van der Waals surface area contributed by atoms with E-state index < -0.39 is 0 Å². The van der Waals surface area contributed by atoms with Gasteiger partial charge in [-0.2, -0.15) is 0 Å². The SMILES string of the molecule is Cc1cc(C2=NOC3(CCOC3)C2)ccc1O. The maximum Gasteiger partial charge on any atom is 0.168 e. The van der Waals surface area contributed by atoms with Crippen molar-refractivity contribution in [2.24, 2.45) is 5.16 Å². The van der Waals surface area contributed by atoms with Crippen LogP contribution in [-0.4, -0.2) is 29.6 Å². The Kier molecular flexibility index (Phi) is 2.33. The average Bonchev–Trinajstić information content (AvgIpc) is 2.94. The van der Waals surface area contributed by atoms with Crippen LogP contribution in [0.1, 0.15) is 24.0 Å². The standard InChI is InChI=1S/C13H15NO3/c1-9-6-10(2-3-12(9)15)11-7-13(17-14-11)4-5-16-8-13/h2-3,6,15H,4-5,7-8H2,1H3. The van der Waals surface area contributed by atoms with Crippen LogP contribution in [0.3, 0.4) is 0 Å². The Bertz CT molecular complexity index is 476. The summed E-state index contributed by atoms with van der Waals surface area (Å²) in [5.74, 6) is 0.312. The molecule has 1 aromatic carbocycles. The molecule has 1 unspecified atom stereocenters. The normalized spacial score (nSPS) is 27.2. The Morgan fingerprint density at radius 1 is 1.41 bits per heavy atom. The molecule has 0 aliphatic carbocycles. The number of aromatic hydroxyl groups is 1. The molecule has 0 saturated carbocycles. The van der Waals surface area contributed by atoms with Gasteiger partial charge in [0.1, 0.15) is 5.75 Å². The van der Waals surface area contributed by atoms with E-state index in [1.165, 1.54) is 0 Å². The van der Waals surface area contributed by atoms with Gasteiger partial charge in [0, 0.05) is 12.8 Å². The molecular weight excluding hydrogens is 218 g/mol. The fourth-order valence-electron chi connectivity index (χ4n) is 2.31. The van der Waals surface area contributed by atoms with Crippen molar-refractivity contribution in [1.82, 2.24) is 0 Å². The van der Waals surface area contributed by atoms with Crippen LogP contribution in [0, 0.1) is 6.92 Å². The molecule has 1 fully saturated rings. The predicted octanol–water partition coefficient (Wildman–Crippen LogP) is 1.98. The number of hydrogen-bond acceptors (Lipinski definition) is 4. The molecule has 2 aliphatic heterocycles. The van der Waals surface area contributed by atoms with E-state index >= 15 is 0 Å². The summed E-state index contributed by atoms with van der Waals surface area (Å²) in [6, 6.07) is 5.51. The summed E-state index contributed by atoms with van der Waals surface area (Å²) in [5, 5.41) is 13.7. The second-order valence-electron chi connectivity index (χ2n) is 4.79. The van der Waals surface area contributed by atoms with Crippen molar-refractivity contribution in [3.63, 3.8) is 0 Å². The first-order valence-corrected chi connectivity index (χ1v) is 5.81. The highest BCUT2D eigenvalue weighted by atomic mass is 16.7. The molecule has 17 heavy (non-hydrogen) atoms. The molecule has 2 heterocycles. The van der Waals surface area contributed by atoms with Crippen LogP contribution in [-0.2, 0) is 9.57 Å². The minimum absolute atomic E-state index is 0.235. The highest BCUT2D eigenvalue weighted by molar-refractivity contribution is 6.02. The molecule has 1 saturated heterocycles. The van der Waals surface area contributed by atoms with Crippen molar-refractivity contribution < 1.29 is 14.7 Å². The van der Waals surface area contributed by atoms with Crippen LogP contribution in [0.2, 0.25) is 0 Å². The van der Waals surface area contributed by atoms with Gasteiger partial charge in [-0.3, -0.25) is 0 Å². The minimum Gasteiger partial charge on any atom is -0.508 e. The van der Waals surface area contributed by atoms with E-state index in [1.807, 2.05) is 19.1 Å². The van der Waals surface area contributed by atoms with Crippen LogP contribution in [0.5, 0.6) is 5.75 Å². The second-order valence-corrected chi connectivity index (χ2v) is 4.79. The molecule has 1 spiro atoms. The lowest BCUT2D eigenvalue weighted by atomic mass is 9.93. The molecule has 90 valence electrons. The monoisotopic (exact) mass is 233 g/mol. The summed E-state index contributed by atoms with van der Waals surface area (Å²) in [7, 11) is 0. The van der Waals surface area contributed by atoms with Crippen LogP contribution in [0.4, 0.5) is 0 Å². The first-order valence-electron chi connectivity index (χ1n) is 5.81. The van der Waals surface area contributed by atoms with Gasteiger partial charge in [0.15, 0.2) is 5.60 Å². The number of oxime groups is 1. The third kappa shape index (κ3) is 1.78. The molecule has 1 aromatic rings. The van der Waals surface area contributed by atoms with E-state index in [2.05, 4.69) is 5.16 Å². The average molecular weight is 233 g/mol. The number of rotatable bonds is 1. The first-order chi connectivity index (χ1) is 8.19. The van der Waals surface area contributed by atoms with Crippen molar-refractivity contribution in [3.8, 4) is 5.75 Å². The maximum absolute atomic E-state index is 9.50. The number of phenols is 1. The summed E-state index contributed by atoms with van der Waals surface area (Å²) < 4.78 is 5.37. The van der Waals surface area contributed by atoms with Crippen LogP contribution >= 0.6 is 0 Å². The molecular formula is C13H15NO3. The van der Waals surface area contributed by atoms with E-state index in [0.29, 0.717) is 12.4 Å². The molecule has 4 heteroatoms. The van der Waals surface area contributed by atoms with Crippen LogP contribution in [0.15, 0.2) is 23.4 Å². The van der Waals surface area contributed by atoms with Crippen LogP contribution < -0.4 is 0 Å². The lowest BCUT2D eigenvalue weighted by Gasteiger charge is -2.17. The highest BCUT2D eigenvalue weighted by Crippen LogP contribution is 2.34. The molecule has 1 atom stereocenters. The van der Waals surface area contributed by atoms with Crippen molar-refractivity contribution in [3.05, 3.63) is 29.3 Å². The lowest BCUT2D eigenvalue weighted by molar-refractivity contribution is -0.0237. The zero-order valence-electron chi connectivity index (χ0n) is 9.77. The predicted molar refractivity (Wildman–Crippen MR) is 63.2 cm³/mol. The van der Waals surface area contributed by atoms with Crippen molar-refractivity contribution in [1.29, 1.82) is 0 Å². The number of aryl methyl sites for hydroxylation is 1. The Labute approximate surface area is 99.8 Å². The zero-order chi connectivity index (χ0) is 11.9. The van der Waals surface area contributed by atoms with Gasteiger partial charge in [0.05, 0.1) is 18.9 Å². The molecule has 0 radical (unpaired) electrons. The van der Waals surface area contributed by atoms with Gasteiger partial charge >= 0.3 is 0 Å². The zero-order valence-corrected chi connectivity index (χ0v) is 9.77. The summed E-state index contributed by atoms with van der Waals surface area (Å²) in [6.07, 6.45) is 1.69. The maximum atomic E-state index is 9.50. The first kappa shape index (κ1) is 10.6. The topological polar surface area (TPSA) is 51.0 Å². The molecule has 3 rings (SSSR count). The summed E-state index contributed by atoms with van der Waals surface area (Å²) >= 11 is 0. The van der Waals surface area contributed by atoms with Gasteiger partial charge in [-0.05, 0) is 36.2 Å². The number of hydrogen-bond donors (Lipinski definition) is 1. The van der Waals surface area contributed by atoms with Gasteiger partial charge in [-0.25, -0.2) is 0 Å². The van der Waals surface area contributed by atoms with Crippen molar-refractivity contribution >= 4 is 5.71 Å². The van der Waals surface area contributed by atoms with Crippen LogP contribution in [0.25, 0.3) is 0 Å². The van der Waals surface area contributed by atoms with E-state index in [4.69, 9.17) is 9.57 Å². The number of phenolic OH excluding ortho intramolecular Hbond substituents is 1. The highest BCUT2D eigenvalue weighted by Gasteiger charge is 2.43. The minimum atomic E-state index is -0.235. The van der Waals surface area contributed by atoms with E-state index in [9.17, 15) is 5.11 Å². The largest absolute Gasteiger partial charge is 0.508 e. The Balaban J connectivity index is 1.84. The number of nitrogens with zero attached hydrogens (tertiary/aromatic N) is 1. The van der Waals surface area contributed by atoms with Gasteiger partial charge in [0.25, 0.3) is 0 Å². The fourth-order valence-corrected chi connectivity index (χ4v) is 2.31. The molecule has 0 bridgehead atoms. The van der Waals surface area contributed by atoms with Gasteiger partial charge < -0.3 is 14.7 Å². The summed E-state index contributed by atoms with van der Waals surface area (Å²) in [4.78, 5) is 5.54. The molecule has 0 aromatic heterocycles. The van der Waals surface area contributed by atoms with Gasteiger partial charge in [-0.15, -0.1) is 0 Å². The summed E-state index contributed by atoms with van der Waals surface area (Å²) in [5.41, 5.74) is 2.58. The Morgan fingerprint density at radius 3 is 3.00 bits per heavy atom. The molecule has 0 amide bonds. The van der Waals surface area contributed by atoms with E-state index in [-0.39, 0.29) is 5.60 Å². The Hall–Kier alpha value is -1.55. The van der Waals surface area contributed by atoms with Crippen molar-refractivity contribution in [2.75, 3.05) is 13.2 Å². The summed E-state index contributed by atoms with van der Waals surface area (Å²) in [6.45, 7) is 3.25. The third-order valence-corrected chi connectivity index (χ3v) is 3.44. The van der Waals surface area contributed by atoms with Gasteiger partial charge in [0.2, 0.25) is 0 Å². The second kappa shape index (κ2) is 3.74. The molecule has 2 aliphatic rings. The quantitative estimate of drug-likeness (QED) is 0.807. The third-order valence-electron chi connectivity index (χ3n) is 3.44. The Morgan fingerprint density at radius 2 is 2.29 bits per heavy atom. The number of ether oxygens (including phenoxy) is 1. The van der Waals surface area contributed by atoms with E-state index in [1.54, 1.807) is 6.07 Å². The smallest absolute Gasteiger partial charge is 0.168 e. The number of benzene rings is 1. The van der Waals surface area contributed by atoms with Gasteiger partial charge in [-0.1, -0.05) is 5.16 Å². The van der Waals surface area contributed by atoms with Crippen molar-refractivity contribution in [2.45, 2.75) is 25.4 Å². The molecule has 4 nitrogen and oxygen atoms in total. The fraction of sp³-hybridized carbons (Fsp3) is 0.462.